The number of hydrogen-bond acceptors (Lipinski definition) is 5. The lowest BCUT2D eigenvalue weighted by molar-refractivity contribution is -0.128. The molecule has 0 fully saturated rings. The predicted octanol–water partition coefficient (Wildman–Crippen LogP) is 3.13. The number of carbonyl (C=O) groups is 4. The Bertz CT molecular complexity index is 759. The van der Waals surface area contributed by atoms with Crippen LogP contribution in [0.15, 0.2) is 24.3 Å². The molecule has 0 aromatic carbocycles. The normalized spacial score (nSPS) is 20.8. The number of unbranched alkanes of at least 4 members (excludes halogenated alkanes) is 9. The van der Waals surface area contributed by atoms with Crippen molar-refractivity contribution >= 4 is 36.4 Å². The zero-order valence-corrected chi connectivity index (χ0v) is 23.4. The summed E-state index contributed by atoms with van der Waals surface area (Å²) in [6.07, 6.45) is 19.0. The van der Waals surface area contributed by atoms with E-state index in [4.69, 9.17) is 0 Å². The molecule has 0 aliphatic carbocycles. The molecule has 210 valence electrons. The molecule has 9 nitrogen and oxygen atoms in total. The molecule has 1 aliphatic heterocycles. The summed E-state index contributed by atoms with van der Waals surface area (Å²) in [4.78, 5) is 49.4. The highest BCUT2D eigenvalue weighted by Gasteiger charge is 2.25. The highest BCUT2D eigenvalue weighted by Crippen LogP contribution is 2.10. The van der Waals surface area contributed by atoms with E-state index in [0.717, 1.165) is 19.3 Å². The molecule has 0 aromatic heterocycles. The van der Waals surface area contributed by atoms with Gasteiger partial charge in [0.15, 0.2) is 0 Å². The lowest BCUT2D eigenvalue weighted by Crippen LogP contribution is -2.56. The van der Waals surface area contributed by atoms with Crippen LogP contribution in [0.5, 0.6) is 0 Å². The summed E-state index contributed by atoms with van der Waals surface area (Å²) in [5.74, 6) is -1.06. The molecule has 5 amide bonds. The zero-order chi connectivity index (χ0) is 27.3. The Morgan fingerprint density at radius 3 is 2.32 bits per heavy atom. The maximum Gasteiger partial charge on any atom is 0.315 e. The third kappa shape index (κ3) is 16.1. The Labute approximate surface area is 227 Å². The van der Waals surface area contributed by atoms with Gasteiger partial charge in [0.2, 0.25) is 17.7 Å². The lowest BCUT2D eigenvalue weighted by atomic mass is 10.1. The largest absolute Gasteiger partial charge is 0.352 e. The van der Waals surface area contributed by atoms with E-state index in [0.29, 0.717) is 19.5 Å². The second kappa shape index (κ2) is 20.6. The zero-order valence-electron chi connectivity index (χ0n) is 22.5. The van der Waals surface area contributed by atoms with Crippen molar-refractivity contribution in [1.29, 1.82) is 0 Å². The van der Waals surface area contributed by atoms with Gasteiger partial charge in [0.1, 0.15) is 12.1 Å². The number of thiol groups is 1. The van der Waals surface area contributed by atoms with Crippen LogP contribution >= 0.6 is 12.6 Å². The van der Waals surface area contributed by atoms with Gasteiger partial charge in [0, 0.05) is 31.0 Å². The van der Waals surface area contributed by atoms with Gasteiger partial charge in [-0.05, 0) is 19.8 Å². The summed E-state index contributed by atoms with van der Waals surface area (Å²) in [7, 11) is 0. The van der Waals surface area contributed by atoms with Crippen molar-refractivity contribution in [2.45, 2.75) is 103 Å². The van der Waals surface area contributed by atoms with E-state index < -0.39 is 36.0 Å². The number of carbonyl (C=O) groups excluding carboxylic acids is 4. The Kier molecular flexibility index (Phi) is 18.1. The van der Waals surface area contributed by atoms with Crippen molar-refractivity contribution in [1.82, 2.24) is 26.6 Å². The Hall–Kier alpha value is -2.49. The van der Waals surface area contributed by atoms with E-state index >= 15 is 0 Å². The van der Waals surface area contributed by atoms with Gasteiger partial charge in [-0.3, -0.25) is 14.4 Å². The molecule has 0 saturated carbocycles. The van der Waals surface area contributed by atoms with Gasteiger partial charge in [-0.1, -0.05) is 82.9 Å². The molecule has 37 heavy (non-hydrogen) atoms. The summed E-state index contributed by atoms with van der Waals surface area (Å²) in [6, 6.07) is -2.65. The maximum atomic E-state index is 12.8. The number of hydrogen-bond donors (Lipinski definition) is 6. The van der Waals surface area contributed by atoms with Crippen LogP contribution in [0.2, 0.25) is 0 Å². The van der Waals surface area contributed by atoms with Crippen molar-refractivity contribution in [3.05, 3.63) is 24.3 Å². The third-order valence-electron chi connectivity index (χ3n) is 6.05. The molecule has 0 bridgehead atoms. The predicted molar refractivity (Wildman–Crippen MR) is 151 cm³/mol. The minimum atomic E-state index is -0.919. The topological polar surface area (TPSA) is 128 Å². The first-order chi connectivity index (χ1) is 17.9. The first-order valence-corrected chi connectivity index (χ1v) is 14.4. The van der Waals surface area contributed by atoms with E-state index in [-0.39, 0.29) is 11.7 Å². The van der Waals surface area contributed by atoms with Crippen LogP contribution < -0.4 is 26.6 Å². The van der Waals surface area contributed by atoms with Crippen molar-refractivity contribution in [3.8, 4) is 0 Å². The molecule has 5 N–H and O–H groups in total. The SMILES string of the molecule is CCCCCCCCCCCCNC(=O)NC(CS)C(=O)N[C@H]1/C=C/CCNC(=O)/C=C/[C@H](C)NC1=O. The average molecular weight is 538 g/mol. The lowest BCUT2D eigenvalue weighted by Gasteiger charge is -2.22. The summed E-state index contributed by atoms with van der Waals surface area (Å²) in [5, 5.41) is 13.6. The summed E-state index contributed by atoms with van der Waals surface area (Å²) in [5.41, 5.74) is 0. The van der Waals surface area contributed by atoms with E-state index in [9.17, 15) is 19.2 Å². The molecule has 1 heterocycles. The van der Waals surface area contributed by atoms with Crippen LogP contribution in [0, 0.1) is 0 Å². The van der Waals surface area contributed by atoms with Crippen LogP contribution in [0.3, 0.4) is 0 Å². The van der Waals surface area contributed by atoms with Crippen LogP contribution in [0.4, 0.5) is 4.79 Å². The second-order valence-corrected chi connectivity index (χ2v) is 9.83. The highest BCUT2D eigenvalue weighted by molar-refractivity contribution is 7.80. The Balaban J connectivity index is 2.39. The van der Waals surface area contributed by atoms with Crippen LogP contribution in [-0.4, -0.2) is 60.7 Å². The van der Waals surface area contributed by atoms with E-state index in [1.807, 2.05) is 0 Å². The van der Waals surface area contributed by atoms with Gasteiger partial charge in [-0.15, -0.1) is 0 Å². The minimum absolute atomic E-state index is 0.0841. The van der Waals surface area contributed by atoms with Crippen LogP contribution in [0.25, 0.3) is 0 Å². The van der Waals surface area contributed by atoms with Crippen molar-refractivity contribution in [2.75, 3.05) is 18.8 Å². The van der Waals surface area contributed by atoms with Crippen LogP contribution in [-0.2, 0) is 14.4 Å². The van der Waals surface area contributed by atoms with Gasteiger partial charge < -0.3 is 26.6 Å². The van der Waals surface area contributed by atoms with Gasteiger partial charge >= 0.3 is 6.03 Å². The molecule has 1 unspecified atom stereocenters. The Morgan fingerprint density at radius 1 is 1.03 bits per heavy atom. The van der Waals surface area contributed by atoms with E-state index in [1.54, 1.807) is 25.2 Å². The van der Waals surface area contributed by atoms with Gasteiger partial charge in [0.05, 0.1) is 0 Å². The molecule has 1 rings (SSSR count). The molecular weight excluding hydrogens is 490 g/mol. The molecule has 10 heteroatoms. The molecule has 3 atom stereocenters. The quantitative estimate of drug-likeness (QED) is 0.109. The smallest absolute Gasteiger partial charge is 0.315 e. The van der Waals surface area contributed by atoms with Gasteiger partial charge in [-0.2, -0.15) is 12.6 Å². The summed E-state index contributed by atoms with van der Waals surface area (Å²) < 4.78 is 0. The molecule has 0 aromatic rings. The summed E-state index contributed by atoms with van der Waals surface area (Å²) >= 11 is 4.20. The fraction of sp³-hybridized carbons (Fsp3) is 0.704. The number of rotatable bonds is 15. The fourth-order valence-electron chi connectivity index (χ4n) is 3.84. The third-order valence-corrected chi connectivity index (χ3v) is 6.41. The Morgan fingerprint density at radius 2 is 1.68 bits per heavy atom. The van der Waals surface area contributed by atoms with E-state index in [2.05, 4.69) is 46.1 Å². The molecule has 1 aliphatic rings. The summed E-state index contributed by atoms with van der Waals surface area (Å²) in [6.45, 7) is 4.91. The fourth-order valence-corrected chi connectivity index (χ4v) is 4.09. The average Bonchev–Trinajstić information content (AvgIpc) is 2.87. The van der Waals surface area contributed by atoms with Crippen molar-refractivity contribution in [2.24, 2.45) is 0 Å². The highest BCUT2D eigenvalue weighted by atomic mass is 32.1. The number of nitrogens with one attached hydrogen (secondary N) is 5. The van der Waals surface area contributed by atoms with Crippen LogP contribution in [0.1, 0.15) is 84.5 Å². The monoisotopic (exact) mass is 537 g/mol. The van der Waals surface area contributed by atoms with Gasteiger partial charge in [-0.25, -0.2) is 4.79 Å². The molecule has 0 radical (unpaired) electrons. The number of amides is 5. The number of urea groups is 1. The molecule has 0 spiro atoms. The van der Waals surface area contributed by atoms with Gasteiger partial charge in [0.25, 0.3) is 0 Å². The molecule has 0 saturated heterocycles. The molecular formula is C27H47N5O4S. The maximum absolute atomic E-state index is 12.8. The standard InChI is InChI=1S/C27H47N5O4S/c1-3-4-5-6-7-8-9-10-11-13-19-29-27(36)32-23(20-37)26(35)31-22-15-12-14-18-28-24(33)17-16-21(2)30-25(22)34/h12,15-17,21-23,37H,3-11,13-14,18-20H2,1-2H3,(H,28,33)(H,30,34)(H,31,35)(H2,29,32,36)/b15-12+,17-16+/t21-,22-,23?/m0/s1. The minimum Gasteiger partial charge on any atom is -0.352 e. The first-order valence-electron chi connectivity index (χ1n) is 13.8. The second-order valence-electron chi connectivity index (χ2n) is 9.47. The van der Waals surface area contributed by atoms with Crippen molar-refractivity contribution < 1.29 is 19.2 Å². The van der Waals surface area contributed by atoms with Crippen molar-refractivity contribution in [3.63, 3.8) is 0 Å². The first kappa shape index (κ1) is 32.5. The van der Waals surface area contributed by atoms with E-state index in [1.165, 1.54) is 51.0 Å².